The molecule has 2 aromatic rings. The summed E-state index contributed by atoms with van der Waals surface area (Å²) in [6.07, 6.45) is 7.78. The van der Waals surface area contributed by atoms with E-state index < -0.39 is 0 Å². The van der Waals surface area contributed by atoms with Gasteiger partial charge in [0.15, 0.2) is 0 Å². The molecule has 1 aromatic carbocycles. The average molecular weight is 269 g/mol. The van der Waals surface area contributed by atoms with Crippen LogP contribution >= 0.6 is 0 Å². The fourth-order valence-corrected chi connectivity index (χ4v) is 4.14. The number of para-hydroxylation sites is 1. The van der Waals surface area contributed by atoms with E-state index in [2.05, 4.69) is 15.5 Å². The zero-order valence-electron chi connectivity index (χ0n) is 11.4. The SMILES string of the molecule is O=C(CC1CC2CCC1C2)Nc1cccc2cn[nH]c12. The van der Waals surface area contributed by atoms with Crippen molar-refractivity contribution in [3.05, 3.63) is 24.4 Å². The number of nitrogens with one attached hydrogen (secondary N) is 2. The summed E-state index contributed by atoms with van der Waals surface area (Å²) in [5.41, 5.74) is 1.75. The summed E-state index contributed by atoms with van der Waals surface area (Å²) in [7, 11) is 0. The van der Waals surface area contributed by atoms with Crippen molar-refractivity contribution in [1.82, 2.24) is 10.2 Å². The Balaban J connectivity index is 1.46. The Kier molecular flexibility index (Phi) is 2.76. The predicted octanol–water partition coefficient (Wildman–Crippen LogP) is 3.33. The van der Waals surface area contributed by atoms with Crippen molar-refractivity contribution in [1.29, 1.82) is 0 Å². The van der Waals surface area contributed by atoms with Crippen molar-refractivity contribution in [2.45, 2.75) is 32.1 Å². The van der Waals surface area contributed by atoms with Crippen LogP contribution in [-0.4, -0.2) is 16.1 Å². The van der Waals surface area contributed by atoms with Gasteiger partial charge in [-0.2, -0.15) is 5.10 Å². The smallest absolute Gasteiger partial charge is 0.224 e. The Labute approximate surface area is 117 Å². The van der Waals surface area contributed by atoms with E-state index in [0.29, 0.717) is 12.3 Å². The van der Waals surface area contributed by atoms with E-state index in [-0.39, 0.29) is 5.91 Å². The minimum Gasteiger partial charge on any atom is -0.324 e. The van der Waals surface area contributed by atoms with Gasteiger partial charge in [0.25, 0.3) is 0 Å². The summed E-state index contributed by atoms with van der Waals surface area (Å²) in [4.78, 5) is 12.3. The van der Waals surface area contributed by atoms with Gasteiger partial charge in [-0.15, -0.1) is 0 Å². The molecule has 2 N–H and O–H groups in total. The van der Waals surface area contributed by atoms with E-state index in [1.165, 1.54) is 25.7 Å². The van der Waals surface area contributed by atoms with Gasteiger partial charge in [0.05, 0.1) is 17.4 Å². The summed E-state index contributed by atoms with van der Waals surface area (Å²) in [6, 6.07) is 5.87. The standard InChI is InChI=1S/C16H19N3O/c20-15(8-13-7-10-4-5-11(13)6-10)18-14-3-1-2-12-9-17-19-16(12)14/h1-3,9-11,13H,4-8H2,(H,17,19)(H,18,20). The Morgan fingerprint density at radius 2 is 2.30 bits per heavy atom. The Hall–Kier alpha value is -1.84. The quantitative estimate of drug-likeness (QED) is 0.898. The lowest BCUT2D eigenvalue weighted by Gasteiger charge is -2.20. The summed E-state index contributed by atoms with van der Waals surface area (Å²) in [5, 5.41) is 11.1. The van der Waals surface area contributed by atoms with Crippen LogP contribution in [-0.2, 0) is 4.79 Å². The molecule has 2 aliphatic rings. The second-order valence-electron chi connectivity index (χ2n) is 6.33. The molecule has 0 saturated heterocycles. The molecule has 2 bridgehead atoms. The molecule has 4 heteroatoms. The van der Waals surface area contributed by atoms with Gasteiger partial charge < -0.3 is 5.32 Å². The maximum Gasteiger partial charge on any atom is 0.224 e. The van der Waals surface area contributed by atoms with E-state index in [1.54, 1.807) is 6.20 Å². The van der Waals surface area contributed by atoms with Crippen molar-refractivity contribution in [3.8, 4) is 0 Å². The summed E-state index contributed by atoms with van der Waals surface area (Å²) in [6.45, 7) is 0. The van der Waals surface area contributed by atoms with Crippen molar-refractivity contribution >= 4 is 22.5 Å². The lowest BCUT2D eigenvalue weighted by atomic mass is 9.86. The maximum atomic E-state index is 12.3. The second kappa shape index (κ2) is 4.62. The van der Waals surface area contributed by atoms with Crippen LogP contribution in [0.4, 0.5) is 5.69 Å². The summed E-state index contributed by atoms with van der Waals surface area (Å²) in [5.74, 6) is 2.45. The summed E-state index contributed by atoms with van der Waals surface area (Å²) >= 11 is 0. The third-order valence-corrected chi connectivity index (χ3v) is 5.08. The molecule has 1 aromatic heterocycles. The third-order valence-electron chi connectivity index (χ3n) is 5.08. The van der Waals surface area contributed by atoms with Crippen molar-refractivity contribution in [3.63, 3.8) is 0 Å². The molecule has 1 amide bonds. The normalized spacial score (nSPS) is 28.1. The molecular formula is C16H19N3O. The van der Waals surface area contributed by atoms with Gasteiger partial charge in [-0.1, -0.05) is 18.6 Å². The van der Waals surface area contributed by atoms with E-state index >= 15 is 0 Å². The van der Waals surface area contributed by atoms with Crippen LogP contribution in [0.2, 0.25) is 0 Å². The molecular weight excluding hydrogens is 250 g/mol. The van der Waals surface area contributed by atoms with Crippen LogP contribution in [0.3, 0.4) is 0 Å². The van der Waals surface area contributed by atoms with Crippen LogP contribution in [0.5, 0.6) is 0 Å². The lowest BCUT2D eigenvalue weighted by Crippen LogP contribution is -2.20. The first-order chi connectivity index (χ1) is 9.79. The van der Waals surface area contributed by atoms with Crippen molar-refractivity contribution in [2.24, 2.45) is 17.8 Å². The number of aromatic amines is 1. The molecule has 0 aliphatic heterocycles. The predicted molar refractivity (Wildman–Crippen MR) is 78.3 cm³/mol. The molecule has 4 nitrogen and oxygen atoms in total. The van der Waals surface area contributed by atoms with Crippen LogP contribution in [0.15, 0.2) is 24.4 Å². The molecule has 1 heterocycles. The van der Waals surface area contributed by atoms with Gasteiger partial charge in [-0.05, 0) is 43.1 Å². The molecule has 0 spiro atoms. The van der Waals surface area contributed by atoms with Gasteiger partial charge in [0.1, 0.15) is 0 Å². The average Bonchev–Trinajstić information content (AvgIpc) is 3.14. The molecule has 2 aliphatic carbocycles. The number of carbonyl (C=O) groups excluding carboxylic acids is 1. The molecule has 3 atom stereocenters. The van der Waals surface area contributed by atoms with Crippen LogP contribution in [0.1, 0.15) is 32.1 Å². The van der Waals surface area contributed by atoms with E-state index in [4.69, 9.17) is 0 Å². The van der Waals surface area contributed by atoms with Crippen LogP contribution in [0, 0.1) is 17.8 Å². The molecule has 2 saturated carbocycles. The van der Waals surface area contributed by atoms with Crippen molar-refractivity contribution < 1.29 is 4.79 Å². The molecule has 20 heavy (non-hydrogen) atoms. The highest BCUT2D eigenvalue weighted by atomic mass is 16.1. The van der Waals surface area contributed by atoms with E-state index in [9.17, 15) is 4.79 Å². The molecule has 4 rings (SSSR count). The summed E-state index contributed by atoms with van der Waals surface area (Å²) < 4.78 is 0. The van der Waals surface area contributed by atoms with Gasteiger partial charge in [0.2, 0.25) is 5.91 Å². The Morgan fingerprint density at radius 3 is 3.10 bits per heavy atom. The first kappa shape index (κ1) is 11.9. The fraction of sp³-hybridized carbons (Fsp3) is 0.500. The maximum absolute atomic E-state index is 12.3. The first-order valence-electron chi connectivity index (χ1n) is 7.51. The zero-order chi connectivity index (χ0) is 13.5. The van der Waals surface area contributed by atoms with Crippen LogP contribution in [0.25, 0.3) is 10.9 Å². The number of aromatic nitrogens is 2. The minimum atomic E-state index is 0.143. The largest absolute Gasteiger partial charge is 0.324 e. The number of hydrogen-bond donors (Lipinski definition) is 2. The molecule has 104 valence electrons. The number of carbonyl (C=O) groups is 1. The Bertz CT molecular complexity index is 648. The molecule has 2 fully saturated rings. The lowest BCUT2D eigenvalue weighted by molar-refractivity contribution is -0.117. The number of nitrogens with zero attached hydrogens (tertiary/aromatic N) is 1. The number of H-pyrrole nitrogens is 1. The van der Waals surface area contributed by atoms with E-state index in [0.717, 1.165) is 28.4 Å². The number of benzene rings is 1. The van der Waals surface area contributed by atoms with Crippen molar-refractivity contribution in [2.75, 3.05) is 5.32 Å². The Morgan fingerprint density at radius 1 is 1.35 bits per heavy atom. The fourth-order valence-electron chi connectivity index (χ4n) is 4.14. The minimum absolute atomic E-state index is 0.143. The number of fused-ring (bicyclic) bond motifs is 3. The highest BCUT2D eigenvalue weighted by molar-refractivity contribution is 6.00. The highest BCUT2D eigenvalue weighted by Crippen LogP contribution is 2.49. The van der Waals surface area contributed by atoms with Gasteiger partial charge in [-0.3, -0.25) is 9.89 Å². The number of rotatable bonds is 3. The zero-order valence-corrected chi connectivity index (χ0v) is 11.4. The monoisotopic (exact) mass is 269 g/mol. The van der Waals surface area contributed by atoms with E-state index in [1.807, 2.05) is 18.2 Å². The number of anilines is 1. The van der Waals surface area contributed by atoms with Gasteiger partial charge in [0, 0.05) is 11.8 Å². The first-order valence-corrected chi connectivity index (χ1v) is 7.51. The van der Waals surface area contributed by atoms with Gasteiger partial charge in [-0.25, -0.2) is 0 Å². The molecule has 0 radical (unpaired) electrons. The topological polar surface area (TPSA) is 57.8 Å². The second-order valence-corrected chi connectivity index (χ2v) is 6.33. The number of amides is 1. The van der Waals surface area contributed by atoms with Gasteiger partial charge >= 0.3 is 0 Å². The number of hydrogen-bond acceptors (Lipinski definition) is 2. The third kappa shape index (κ3) is 1.99. The molecule has 3 unspecified atom stereocenters. The van der Waals surface area contributed by atoms with Crippen LogP contribution < -0.4 is 5.32 Å². The highest BCUT2D eigenvalue weighted by Gasteiger charge is 2.40.